The average Bonchev–Trinajstić information content (AvgIpc) is 3.61. The minimum atomic E-state index is -2.14. The highest BCUT2D eigenvalue weighted by Crippen LogP contribution is 2.41. The third-order valence-electron chi connectivity index (χ3n) is 7.64. The summed E-state index contributed by atoms with van der Waals surface area (Å²) >= 11 is 3.03. The van der Waals surface area contributed by atoms with Crippen LogP contribution >= 0.6 is 23.1 Å². The number of Topliss-reactive ketones (excluding diaryl/α,β-unsaturated/α-hetero) is 2. The normalized spacial score (nSPS) is 34.1. The number of carbonyl (C=O) groups excluding carboxylic acids is 3. The fraction of sp³-hybridized carbons (Fsp3) is 0.538. The van der Waals surface area contributed by atoms with Crippen molar-refractivity contribution in [3.63, 3.8) is 0 Å². The number of ketones is 2. The lowest BCUT2D eigenvalue weighted by Crippen LogP contribution is -2.86. The molecule has 0 saturated carbocycles. The SMILES string of the molecule is CC(=O)N1C2N([C@@H]3O[C@H](CO)C(O)C3O)C=NC2(C(C)=O)C(=N[C@H](C)CSc2nc3ccccc3s2)NC1(N)C(C)=O. The Morgan fingerprint density at radius 2 is 1.93 bits per heavy atom. The molecular weight excluding hydrogens is 586 g/mol. The molecule has 0 aliphatic carbocycles. The molecule has 5 rings (SSSR count). The number of amidine groups is 1. The highest BCUT2D eigenvalue weighted by atomic mass is 32.2. The van der Waals surface area contributed by atoms with Crippen LogP contribution in [0.3, 0.4) is 0 Å². The van der Waals surface area contributed by atoms with Gasteiger partial charge in [0.2, 0.25) is 17.2 Å². The fourth-order valence-electron chi connectivity index (χ4n) is 5.48. The summed E-state index contributed by atoms with van der Waals surface area (Å²) in [5, 5.41) is 33.7. The molecule has 4 heterocycles. The first-order valence-electron chi connectivity index (χ1n) is 13.3. The van der Waals surface area contributed by atoms with Crippen molar-refractivity contribution in [3.05, 3.63) is 24.3 Å². The maximum Gasteiger partial charge on any atom is 0.230 e. The standard InChI is InChI=1S/C26H33N7O7S2/c1-12(10-41-24-30-16-7-5-6-8-18(16)42-24)29-22-25(13(2)35)23(33(15(4)37)26(27,31-22)14(3)36)32(11-28-25)21-20(39)19(38)17(9-34)40-21/h5-8,11-12,17,19-21,23,34,38-39H,9-10,27H2,1-4H3,(H,29,31)/t12-,17-,19?,20?,21-,23?,25?,26?/m1/s1. The van der Waals surface area contributed by atoms with Crippen LogP contribution < -0.4 is 11.1 Å². The summed E-state index contributed by atoms with van der Waals surface area (Å²) in [6, 6.07) is 7.35. The predicted molar refractivity (Wildman–Crippen MR) is 156 cm³/mol. The lowest BCUT2D eigenvalue weighted by Gasteiger charge is -2.55. The molecule has 1 amide bonds. The van der Waals surface area contributed by atoms with Crippen LogP contribution in [0.5, 0.6) is 0 Å². The zero-order valence-corrected chi connectivity index (χ0v) is 25.0. The van der Waals surface area contributed by atoms with Gasteiger partial charge in [0.25, 0.3) is 0 Å². The first-order chi connectivity index (χ1) is 19.8. The predicted octanol–water partition coefficient (Wildman–Crippen LogP) is -0.735. The maximum atomic E-state index is 13.5. The molecule has 2 fully saturated rings. The lowest BCUT2D eigenvalue weighted by molar-refractivity contribution is -0.170. The second kappa shape index (κ2) is 11.3. The lowest BCUT2D eigenvalue weighted by atomic mass is 9.84. The second-order valence-corrected chi connectivity index (χ2v) is 12.8. The fourth-order valence-corrected chi connectivity index (χ4v) is 7.51. The van der Waals surface area contributed by atoms with Crippen molar-refractivity contribution in [2.45, 2.75) is 80.1 Å². The van der Waals surface area contributed by atoms with Crippen LogP contribution in [0, 0.1) is 0 Å². The molecule has 1 aromatic heterocycles. The zero-order valence-electron chi connectivity index (χ0n) is 23.4. The van der Waals surface area contributed by atoms with Gasteiger partial charge < -0.3 is 30.3 Å². The number of carbonyl (C=O) groups is 3. The Hall–Kier alpha value is -2.99. The van der Waals surface area contributed by atoms with Gasteiger partial charge >= 0.3 is 0 Å². The number of rotatable bonds is 8. The summed E-state index contributed by atoms with van der Waals surface area (Å²) in [5.74, 6) is -3.55. The van der Waals surface area contributed by atoms with E-state index in [1.54, 1.807) is 11.3 Å². The van der Waals surface area contributed by atoms with Gasteiger partial charge in [-0.15, -0.1) is 11.3 Å². The van der Waals surface area contributed by atoms with Gasteiger partial charge in [-0.3, -0.25) is 30.0 Å². The maximum absolute atomic E-state index is 13.5. The Morgan fingerprint density at radius 1 is 1.21 bits per heavy atom. The van der Waals surface area contributed by atoms with E-state index in [2.05, 4.69) is 15.3 Å². The number of amides is 1. The average molecular weight is 620 g/mol. The van der Waals surface area contributed by atoms with E-state index in [0.29, 0.717) is 5.75 Å². The van der Waals surface area contributed by atoms with Crippen molar-refractivity contribution >= 4 is 63.0 Å². The molecule has 2 aromatic rings. The van der Waals surface area contributed by atoms with Gasteiger partial charge in [0.1, 0.15) is 24.1 Å². The molecule has 6 N–H and O–H groups in total. The van der Waals surface area contributed by atoms with Crippen LogP contribution in [0.15, 0.2) is 38.6 Å². The number of aliphatic imine (C=N–C) groups is 2. The molecule has 14 nitrogen and oxygen atoms in total. The summed E-state index contributed by atoms with van der Waals surface area (Å²) in [6.07, 6.45) is -5.66. The van der Waals surface area contributed by atoms with E-state index in [9.17, 15) is 29.7 Å². The molecule has 1 aromatic carbocycles. The molecule has 226 valence electrons. The Balaban J connectivity index is 1.54. The summed E-state index contributed by atoms with van der Waals surface area (Å²) < 4.78 is 7.61. The first kappa shape index (κ1) is 30.5. The van der Waals surface area contributed by atoms with Gasteiger partial charge in [0.05, 0.1) is 29.2 Å². The molecule has 16 heteroatoms. The zero-order chi connectivity index (χ0) is 30.6. The third-order valence-corrected chi connectivity index (χ3v) is 10.1. The van der Waals surface area contributed by atoms with Gasteiger partial charge in [0, 0.05) is 19.6 Å². The van der Waals surface area contributed by atoms with Gasteiger partial charge in [-0.2, -0.15) is 0 Å². The molecule has 3 aliphatic heterocycles. The number of hydrogen-bond acceptors (Lipinski definition) is 14. The smallest absolute Gasteiger partial charge is 0.230 e. The van der Waals surface area contributed by atoms with E-state index >= 15 is 0 Å². The first-order valence-corrected chi connectivity index (χ1v) is 15.1. The van der Waals surface area contributed by atoms with Crippen molar-refractivity contribution < 1.29 is 34.4 Å². The number of fused-ring (bicyclic) bond motifs is 2. The van der Waals surface area contributed by atoms with Gasteiger partial charge in [0.15, 0.2) is 28.3 Å². The number of thioether (sulfide) groups is 1. The van der Waals surface area contributed by atoms with E-state index in [1.165, 1.54) is 43.8 Å². The van der Waals surface area contributed by atoms with E-state index in [0.717, 1.165) is 19.5 Å². The minimum Gasteiger partial charge on any atom is -0.394 e. The summed E-state index contributed by atoms with van der Waals surface area (Å²) in [4.78, 5) is 55.8. The molecule has 0 spiro atoms. The molecule has 42 heavy (non-hydrogen) atoms. The van der Waals surface area contributed by atoms with Crippen LogP contribution in [0.25, 0.3) is 10.2 Å². The second-order valence-electron chi connectivity index (χ2n) is 10.5. The number of nitrogens with one attached hydrogen (secondary N) is 1. The van der Waals surface area contributed by atoms with Crippen molar-refractivity contribution in [1.82, 2.24) is 20.1 Å². The highest BCUT2D eigenvalue weighted by Gasteiger charge is 2.68. The quantitative estimate of drug-likeness (QED) is 0.232. The molecule has 5 unspecified atom stereocenters. The monoisotopic (exact) mass is 619 g/mol. The molecular formula is C26H33N7O7S2. The van der Waals surface area contributed by atoms with E-state index in [4.69, 9.17) is 15.5 Å². The number of para-hydroxylation sites is 1. The largest absolute Gasteiger partial charge is 0.394 e. The van der Waals surface area contributed by atoms with Crippen LogP contribution in [0.2, 0.25) is 0 Å². The third kappa shape index (κ3) is 4.80. The van der Waals surface area contributed by atoms with E-state index in [1.807, 2.05) is 31.2 Å². The Labute approximate surface area is 249 Å². The molecule has 2 saturated heterocycles. The Morgan fingerprint density at radius 3 is 2.52 bits per heavy atom. The number of aromatic nitrogens is 1. The number of ether oxygens (including phenoxy) is 1. The van der Waals surface area contributed by atoms with Gasteiger partial charge in [-0.05, 0) is 26.0 Å². The number of benzene rings is 1. The summed E-state index contributed by atoms with van der Waals surface area (Å²) in [7, 11) is 0. The molecule has 0 bridgehead atoms. The van der Waals surface area contributed by atoms with Crippen molar-refractivity contribution in [2.24, 2.45) is 15.7 Å². The van der Waals surface area contributed by atoms with Gasteiger partial charge in [-0.1, -0.05) is 23.9 Å². The summed E-state index contributed by atoms with van der Waals surface area (Å²) in [5.41, 5.74) is 5.59. The van der Waals surface area contributed by atoms with Crippen LogP contribution in [-0.2, 0) is 19.1 Å². The number of nitrogens with two attached hydrogens (primary N) is 1. The van der Waals surface area contributed by atoms with Crippen LogP contribution in [0.4, 0.5) is 0 Å². The number of hydrogen-bond donors (Lipinski definition) is 5. The van der Waals surface area contributed by atoms with Crippen molar-refractivity contribution in [2.75, 3.05) is 12.4 Å². The van der Waals surface area contributed by atoms with E-state index < -0.39 is 72.2 Å². The number of aliphatic hydroxyl groups is 3. The topological polar surface area (TPSA) is 203 Å². The molecule has 0 radical (unpaired) electrons. The molecule has 3 aliphatic rings. The van der Waals surface area contributed by atoms with E-state index in [-0.39, 0.29) is 5.84 Å². The Bertz CT molecular complexity index is 1440. The number of aliphatic hydroxyl groups excluding tert-OH is 3. The van der Waals surface area contributed by atoms with Crippen molar-refractivity contribution in [3.8, 4) is 0 Å². The highest BCUT2D eigenvalue weighted by molar-refractivity contribution is 8.01. The number of thiazole rings is 1. The molecule has 8 atom stereocenters. The van der Waals surface area contributed by atoms with Gasteiger partial charge in [-0.25, -0.2) is 9.98 Å². The number of nitrogens with zero attached hydrogens (tertiary/aromatic N) is 5. The summed E-state index contributed by atoms with van der Waals surface area (Å²) in [6.45, 7) is 4.89. The van der Waals surface area contributed by atoms with Crippen LogP contribution in [-0.4, -0.2) is 120 Å². The Kier molecular flexibility index (Phi) is 8.17. The minimum absolute atomic E-state index is 0.0295. The van der Waals surface area contributed by atoms with Crippen LogP contribution in [0.1, 0.15) is 27.7 Å². The van der Waals surface area contributed by atoms with Crippen molar-refractivity contribution in [1.29, 1.82) is 0 Å².